The number of anilines is 1. The summed E-state index contributed by atoms with van der Waals surface area (Å²) in [6, 6.07) is 14.9. The van der Waals surface area contributed by atoms with Crippen LogP contribution in [0, 0.1) is 6.92 Å². The Balaban J connectivity index is 1.90. The van der Waals surface area contributed by atoms with Crippen LogP contribution in [0.25, 0.3) is 6.08 Å². The molecule has 2 aromatic rings. The number of aryl methyl sites for hydroxylation is 1. The highest BCUT2D eigenvalue weighted by Crippen LogP contribution is 2.13. The van der Waals surface area contributed by atoms with Crippen LogP contribution in [0.5, 0.6) is 5.75 Å². The van der Waals surface area contributed by atoms with E-state index in [9.17, 15) is 4.79 Å². The van der Waals surface area contributed by atoms with E-state index in [1.54, 1.807) is 19.4 Å². The quantitative estimate of drug-likeness (QED) is 0.896. The second-order valence-corrected chi connectivity index (χ2v) is 4.58. The predicted octanol–water partition coefficient (Wildman–Crippen LogP) is 3.80. The van der Waals surface area contributed by atoms with E-state index in [1.165, 1.54) is 0 Å². The number of urea groups is 1. The van der Waals surface area contributed by atoms with Crippen molar-refractivity contribution in [2.24, 2.45) is 0 Å². The summed E-state index contributed by atoms with van der Waals surface area (Å²) in [5, 5.41) is 5.43. The zero-order chi connectivity index (χ0) is 15.1. The molecule has 4 nitrogen and oxygen atoms in total. The molecule has 0 atom stereocenters. The molecule has 0 saturated carbocycles. The third-order valence-electron chi connectivity index (χ3n) is 2.86. The molecule has 0 saturated heterocycles. The van der Waals surface area contributed by atoms with Gasteiger partial charge in [-0.3, -0.25) is 0 Å². The number of benzene rings is 2. The minimum atomic E-state index is -0.278. The van der Waals surface area contributed by atoms with Crippen LogP contribution in [0.3, 0.4) is 0 Å². The molecule has 2 aromatic carbocycles. The number of hydrogen-bond acceptors (Lipinski definition) is 2. The molecule has 0 radical (unpaired) electrons. The number of ether oxygens (including phenoxy) is 1. The van der Waals surface area contributed by atoms with Gasteiger partial charge in [0.05, 0.1) is 7.11 Å². The smallest absolute Gasteiger partial charge is 0.323 e. The van der Waals surface area contributed by atoms with Crippen LogP contribution in [0.15, 0.2) is 54.7 Å². The van der Waals surface area contributed by atoms with Crippen molar-refractivity contribution in [2.75, 3.05) is 12.4 Å². The Bertz CT molecular complexity index is 651. The number of methoxy groups -OCH3 is 1. The van der Waals surface area contributed by atoms with Gasteiger partial charge in [-0.2, -0.15) is 0 Å². The molecular formula is C17H18N2O2. The monoisotopic (exact) mass is 282 g/mol. The lowest BCUT2D eigenvalue weighted by Gasteiger charge is -2.05. The van der Waals surface area contributed by atoms with Gasteiger partial charge in [0.15, 0.2) is 0 Å². The lowest BCUT2D eigenvalue weighted by Crippen LogP contribution is -2.23. The first-order valence-corrected chi connectivity index (χ1v) is 6.62. The van der Waals surface area contributed by atoms with Crippen LogP contribution >= 0.6 is 0 Å². The van der Waals surface area contributed by atoms with Gasteiger partial charge in [0.2, 0.25) is 0 Å². The van der Waals surface area contributed by atoms with Crippen molar-refractivity contribution in [1.29, 1.82) is 0 Å². The summed E-state index contributed by atoms with van der Waals surface area (Å²) in [5.74, 6) is 0.779. The van der Waals surface area contributed by atoms with E-state index in [-0.39, 0.29) is 6.03 Å². The lowest BCUT2D eigenvalue weighted by molar-refractivity contribution is 0.255. The second kappa shape index (κ2) is 7.14. The Kier molecular flexibility index (Phi) is 4.99. The van der Waals surface area contributed by atoms with Crippen LogP contribution in [-0.4, -0.2) is 13.1 Å². The van der Waals surface area contributed by atoms with E-state index in [0.29, 0.717) is 0 Å². The summed E-state index contributed by atoms with van der Waals surface area (Å²) in [6.45, 7) is 1.98. The first kappa shape index (κ1) is 14.7. The van der Waals surface area contributed by atoms with Gasteiger partial charge in [-0.1, -0.05) is 24.3 Å². The summed E-state index contributed by atoms with van der Waals surface area (Å²) >= 11 is 0. The average Bonchev–Trinajstić information content (AvgIpc) is 2.47. The minimum Gasteiger partial charge on any atom is -0.497 e. The van der Waals surface area contributed by atoms with Crippen molar-refractivity contribution in [2.45, 2.75) is 6.92 Å². The largest absolute Gasteiger partial charge is 0.497 e. The second-order valence-electron chi connectivity index (χ2n) is 4.58. The maximum atomic E-state index is 11.7. The third kappa shape index (κ3) is 4.69. The topological polar surface area (TPSA) is 50.4 Å². The van der Waals surface area contributed by atoms with Gasteiger partial charge >= 0.3 is 6.03 Å². The van der Waals surface area contributed by atoms with Gasteiger partial charge in [-0.15, -0.1) is 0 Å². The fourth-order valence-corrected chi connectivity index (χ4v) is 1.85. The van der Waals surface area contributed by atoms with Gasteiger partial charge in [-0.05, 0) is 48.4 Å². The van der Waals surface area contributed by atoms with Gasteiger partial charge in [-0.25, -0.2) is 4.79 Å². The van der Waals surface area contributed by atoms with Crippen molar-refractivity contribution in [3.05, 3.63) is 65.9 Å². The number of nitrogens with one attached hydrogen (secondary N) is 2. The highest BCUT2D eigenvalue weighted by atomic mass is 16.5. The molecule has 0 fully saturated rings. The summed E-state index contributed by atoms with van der Waals surface area (Å²) in [7, 11) is 1.62. The van der Waals surface area contributed by atoms with Crippen molar-refractivity contribution >= 4 is 17.8 Å². The van der Waals surface area contributed by atoms with E-state index in [0.717, 1.165) is 22.6 Å². The standard InChI is InChI=1S/C17H18N2O2/c1-13-5-3-7-15(11-13)19-17(20)18-10-9-14-6-4-8-16(12-14)21-2/h3-12H,1-2H3,(H2,18,19,20)/b10-9+. The van der Waals surface area contributed by atoms with E-state index in [1.807, 2.05) is 55.5 Å². The fraction of sp³-hybridized carbons (Fsp3) is 0.118. The minimum absolute atomic E-state index is 0.278. The third-order valence-corrected chi connectivity index (χ3v) is 2.86. The first-order valence-electron chi connectivity index (χ1n) is 6.62. The van der Waals surface area contributed by atoms with Gasteiger partial charge in [0.1, 0.15) is 5.75 Å². The molecule has 0 bridgehead atoms. The van der Waals surface area contributed by atoms with Crippen LogP contribution < -0.4 is 15.4 Å². The molecular weight excluding hydrogens is 264 g/mol. The average molecular weight is 282 g/mol. The maximum Gasteiger partial charge on any atom is 0.323 e. The maximum absolute atomic E-state index is 11.7. The van der Waals surface area contributed by atoms with Crippen LogP contribution in [0.1, 0.15) is 11.1 Å². The van der Waals surface area contributed by atoms with Crippen molar-refractivity contribution < 1.29 is 9.53 Å². The lowest BCUT2D eigenvalue weighted by atomic mass is 10.2. The number of carbonyl (C=O) groups excluding carboxylic acids is 1. The number of rotatable bonds is 4. The molecule has 21 heavy (non-hydrogen) atoms. The molecule has 2 amide bonds. The number of amides is 2. The molecule has 0 spiro atoms. The van der Waals surface area contributed by atoms with Crippen LogP contribution in [-0.2, 0) is 0 Å². The normalized spacial score (nSPS) is 10.4. The molecule has 0 aliphatic rings. The molecule has 2 rings (SSSR count). The zero-order valence-corrected chi connectivity index (χ0v) is 12.1. The van der Waals surface area contributed by atoms with Crippen molar-refractivity contribution in [3.8, 4) is 5.75 Å². The zero-order valence-electron chi connectivity index (χ0n) is 12.1. The Hall–Kier alpha value is -2.75. The number of carbonyl (C=O) groups is 1. The molecule has 0 unspecified atom stereocenters. The highest BCUT2D eigenvalue weighted by Gasteiger charge is 1.99. The summed E-state index contributed by atoms with van der Waals surface area (Å²) < 4.78 is 5.14. The summed E-state index contributed by atoms with van der Waals surface area (Å²) in [4.78, 5) is 11.7. The molecule has 4 heteroatoms. The fourth-order valence-electron chi connectivity index (χ4n) is 1.85. The Labute approximate surface area is 124 Å². The predicted molar refractivity (Wildman–Crippen MR) is 85.4 cm³/mol. The van der Waals surface area contributed by atoms with Crippen LogP contribution in [0.2, 0.25) is 0 Å². The van der Waals surface area contributed by atoms with Gasteiger partial charge in [0, 0.05) is 11.9 Å². The molecule has 0 aromatic heterocycles. The van der Waals surface area contributed by atoms with E-state index >= 15 is 0 Å². The van der Waals surface area contributed by atoms with Crippen LogP contribution in [0.4, 0.5) is 10.5 Å². The Morgan fingerprint density at radius 1 is 1.14 bits per heavy atom. The molecule has 108 valence electrons. The molecule has 0 aliphatic carbocycles. The van der Waals surface area contributed by atoms with Gasteiger partial charge in [0.25, 0.3) is 0 Å². The van der Waals surface area contributed by atoms with E-state index < -0.39 is 0 Å². The van der Waals surface area contributed by atoms with E-state index in [2.05, 4.69) is 10.6 Å². The van der Waals surface area contributed by atoms with Gasteiger partial charge < -0.3 is 15.4 Å². The SMILES string of the molecule is COc1cccc(/C=C/NC(=O)Nc2cccc(C)c2)c1. The van der Waals surface area contributed by atoms with Crippen molar-refractivity contribution in [1.82, 2.24) is 5.32 Å². The van der Waals surface area contributed by atoms with Crippen molar-refractivity contribution in [3.63, 3.8) is 0 Å². The summed E-state index contributed by atoms with van der Waals surface area (Å²) in [5.41, 5.74) is 2.81. The Morgan fingerprint density at radius 3 is 2.71 bits per heavy atom. The molecule has 0 heterocycles. The first-order chi connectivity index (χ1) is 10.2. The highest BCUT2D eigenvalue weighted by molar-refractivity contribution is 5.90. The molecule has 0 aliphatic heterocycles. The Morgan fingerprint density at radius 2 is 1.95 bits per heavy atom. The van der Waals surface area contributed by atoms with E-state index in [4.69, 9.17) is 4.74 Å². The molecule has 2 N–H and O–H groups in total. The number of hydrogen-bond donors (Lipinski definition) is 2. The summed E-state index contributed by atoms with van der Waals surface area (Å²) in [6.07, 6.45) is 3.40.